The van der Waals surface area contributed by atoms with Gasteiger partial charge >= 0.3 is 0 Å². The highest BCUT2D eigenvalue weighted by molar-refractivity contribution is 7.78. The Balaban J connectivity index is 2.90. The molecular formula is C9H11ClN2S. The van der Waals surface area contributed by atoms with Crippen molar-refractivity contribution in [3.8, 4) is 0 Å². The number of thiol groups is 1. The zero-order chi connectivity index (χ0) is 9.84. The summed E-state index contributed by atoms with van der Waals surface area (Å²) in [7, 11) is 1.80. The second-order valence-electron chi connectivity index (χ2n) is 2.75. The van der Waals surface area contributed by atoms with E-state index in [9.17, 15) is 0 Å². The van der Waals surface area contributed by atoms with Crippen LogP contribution in [0.25, 0.3) is 0 Å². The van der Waals surface area contributed by atoms with Gasteiger partial charge in [-0.05, 0) is 30.7 Å². The van der Waals surface area contributed by atoms with Crippen LogP contribution in [0.1, 0.15) is 5.56 Å². The number of halogens is 1. The van der Waals surface area contributed by atoms with Crippen molar-refractivity contribution in [2.75, 3.05) is 7.05 Å². The summed E-state index contributed by atoms with van der Waals surface area (Å²) in [4.78, 5) is 4.21. The first kappa shape index (κ1) is 10.4. The van der Waals surface area contributed by atoms with Gasteiger partial charge in [-0.2, -0.15) is 0 Å². The van der Waals surface area contributed by atoms with Gasteiger partial charge < -0.3 is 4.31 Å². The summed E-state index contributed by atoms with van der Waals surface area (Å²) < 4.78 is 1.59. The summed E-state index contributed by atoms with van der Waals surface area (Å²) in [6, 6.07) is 5.58. The third kappa shape index (κ3) is 3.28. The van der Waals surface area contributed by atoms with Crippen molar-refractivity contribution in [2.45, 2.75) is 6.92 Å². The first-order valence-corrected chi connectivity index (χ1v) is 4.59. The smallest absolute Gasteiger partial charge is 0.101 e. The third-order valence-electron chi connectivity index (χ3n) is 1.52. The van der Waals surface area contributed by atoms with E-state index in [0.717, 1.165) is 16.3 Å². The third-order valence-corrected chi connectivity index (χ3v) is 1.86. The molecule has 1 aromatic carbocycles. The fourth-order valence-electron chi connectivity index (χ4n) is 0.909. The van der Waals surface area contributed by atoms with Gasteiger partial charge in [-0.25, -0.2) is 4.99 Å². The number of aliphatic imine (C=N–C) groups is 1. The summed E-state index contributed by atoms with van der Waals surface area (Å²) >= 11 is 9.84. The standard InChI is InChI=1S/C9H11ClN2S/c1-7-5-8(10)3-4-9(7)11-6-12(2)13/h3-6,13H,1-2H3. The molecule has 70 valence electrons. The van der Waals surface area contributed by atoms with Crippen molar-refractivity contribution in [2.24, 2.45) is 4.99 Å². The maximum absolute atomic E-state index is 5.80. The molecule has 0 radical (unpaired) electrons. The largest absolute Gasteiger partial charge is 0.312 e. The number of rotatable bonds is 2. The van der Waals surface area contributed by atoms with Gasteiger partial charge in [0.2, 0.25) is 0 Å². The molecule has 0 amide bonds. The van der Waals surface area contributed by atoms with Gasteiger partial charge in [0.25, 0.3) is 0 Å². The van der Waals surface area contributed by atoms with E-state index in [2.05, 4.69) is 17.8 Å². The SMILES string of the molecule is Cc1cc(Cl)ccc1N=CN(C)S. The average Bonchev–Trinajstić information content (AvgIpc) is 2.02. The molecule has 0 unspecified atom stereocenters. The molecule has 0 aliphatic rings. The Kier molecular flexibility index (Phi) is 3.63. The highest BCUT2D eigenvalue weighted by atomic mass is 35.5. The number of hydrogen-bond acceptors (Lipinski definition) is 2. The molecule has 0 heterocycles. The van der Waals surface area contributed by atoms with Gasteiger partial charge in [0.1, 0.15) is 6.34 Å². The molecule has 0 saturated carbocycles. The molecule has 1 rings (SSSR count). The predicted octanol–water partition coefficient (Wildman–Crippen LogP) is 3.08. The minimum Gasteiger partial charge on any atom is -0.312 e. The van der Waals surface area contributed by atoms with Gasteiger partial charge in [-0.15, -0.1) is 0 Å². The fraction of sp³-hybridized carbons (Fsp3) is 0.222. The Morgan fingerprint density at radius 1 is 1.54 bits per heavy atom. The van der Waals surface area contributed by atoms with Crippen LogP contribution < -0.4 is 0 Å². The van der Waals surface area contributed by atoms with E-state index in [1.54, 1.807) is 17.7 Å². The minimum absolute atomic E-state index is 0.732. The van der Waals surface area contributed by atoms with Gasteiger partial charge in [0.15, 0.2) is 0 Å². The van der Waals surface area contributed by atoms with E-state index in [-0.39, 0.29) is 0 Å². The van der Waals surface area contributed by atoms with Crippen molar-refractivity contribution in [1.29, 1.82) is 0 Å². The lowest BCUT2D eigenvalue weighted by Crippen LogP contribution is -1.99. The lowest BCUT2D eigenvalue weighted by molar-refractivity contribution is 0.884. The second kappa shape index (κ2) is 4.53. The Labute approximate surface area is 88.8 Å². The summed E-state index contributed by atoms with van der Waals surface area (Å²) in [6.45, 7) is 1.97. The van der Waals surface area contributed by atoms with Crippen molar-refractivity contribution in [1.82, 2.24) is 4.31 Å². The number of aryl methyl sites for hydroxylation is 1. The molecule has 0 saturated heterocycles. The summed E-state index contributed by atoms with van der Waals surface area (Å²) in [5.41, 5.74) is 1.96. The minimum atomic E-state index is 0.732. The van der Waals surface area contributed by atoms with E-state index in [0.29, 0.717) is 0 Å². The number of nitrogens with zero attached hydrogens (tertiary/aromatic N) is 2. The van der Waals surface area contributed by atoms with Crippen molar-refractivity contribution in [3.05, 3.63) is 28.8 Å². The maximum Gasteiger partial charge on any atom is 0.101 e. The topological polar surface area (TPSA) is 15.6 Å². The van der Waals surface area contributed by atoms with Crippen molar-refractivity contribution < 1.29 is 0 Å². The fourth-order valence-corrected chi connectivity index (χ4v) is 1.19. The maximum atomic E-state index is 5.80. The quantitative estimate of drug-likeness (QED) is 0.455. The highest BCUT2D eigenvalue weighted by Gasteiger charge is 1.95. The molecule has 0 aliphatic carbocycles. The Bertz CT molecular complexity index is 323. The molecule has 0 N–H and O–H groups in total. The van der Waals surface area contributed by atoms with Gasteiger partial charge in [-0.1, -0.05) is 24.4 Å². The van der Waals surface area contributed by atoms with Crippen LogP contribution in [0.2, 0.25) is 5.02 Å². The lowest BCUT2D eigenvalue weighted by Gasteiger charge is -2.03. The van der Waals surface area contributed by atoms with Crippen LogP contribution >= 0.6 is 24.4 Å². The van der Waals surface area contributed by atoms with Crippen molar-refractivity contribution >= 4 is 36.4 Å². The first-order chi connectivity index (χ1) is 6.09. The molecular weight excluding hydrogens is 204 g/mol. The molecule has 0 aliphatic heterocycles. The number of benzene rings is 1. The van der Waals surface area contributed by atoms with Crippen LogP contribution in [0.4, 0.5) is 5.69 Å². The zero-order valence-corrected chi connectivity index (χ0v) is 9.18. The molecule has 4 heteroatoms. The van der Waals surface area contributed by atoms with E-state index in [1.165, 1.54) is 0 Å². The van der Waals surface area contributed by atoms with Crippen LogP contribution in [0.15, 0.2) is 23.2 Å². The highest BCUT2D eigenvalue weighted by Crippen LogP contribution is 2.21. The molecule has 0 atom stereocenters. The van der Waals surface area contributed by atoms with E-state index in [4.69, 9.17) is 11.6 Å². The molecule has 0 fully saturated rings. The Morgan fingerprint density at radius 2 is 2.23 bits per heavy atom. The first-order valence-electron chi connectivity index (χ1n) is 3.81. The summed E-state index contributed by atoms with van der Waals surface area (Å²) in [5.74, 6) is 0. The Morgan fingerprint density at radius 3 is 2.77 bits per heavy atom. The average molecular weight is 215 g/mol. The van der Waals surface area contributed by atoms with Gasteiger partial charge in [-0.3, -0.25) is 0 Å². The van der Waals surface area contributed by atoms with E-state index >= 15 is 0 Å². The van der Waals surface area contributed by atoms with Crippen LogP contribution in [-0.2, 0) is 0 Å². The molecule has 2 nitrogen and oxygen atoms in total. The van der Waals surface area contributed by atoms with Crippen LogP contribution in [-0.4, -0.2) is 17.7 Å². The van der Waals surface area contributed by atoms with Crippen LogP contribution in [0, 0.1) is 6.92 Å². The van der Waals surface area contributed by atoms with E-state index < -0.39 is 0 Å². The molecule has 1 aromatic rings. The van der Waals surface area contributed by atoms with Crippen molar-refractivity contribution in [3.63, 3.8) is 0 Å². The summed E-state index contributed by atoms with van der Waals surface area (Å²) in [6.07, 6.45) is 1.64. The lowest BCUT2D eigenvalue weighted by atomic mass is 10.2. The zero-order valence-electron chi connectivity index (χ0n) is 7.53. The predicted molar refractivity (Wildman–Crippen MR) is 61.1 cm³/mol. The van der Waals surface area contributed by atoms with Gasteiger partial charge in [0.05, 0.1) is 5.69 Å². The molecule has 0 aromatic heterocycles. The van der Waals surface area contributed by atoms with Crippen LogP contribution in [0.5, 0.6) is 0 Å². The van der Waals surface area contributed by atoms with E-state index in [1.807, 2.05) is 25.1 Å². The molecule has 0 bridgehead atoms. The van der Waals surface area contributed by atoms with Crippen LogP contribution in [0.3, 0.4) is 0 Å². The van der Waals surface area contributed by atoms with Gasteiger partial charge in [0, 0.05) is 12.1 Å². The number of hydrogen-bond donors (Lipinski definition) is 1. The normalized spacial score (nSPS) is 10.8. The summed E-state index contributed by atoms with van der Waals surface area (Å²) in [5, 5.41) is 0.732. The second-order valence-corrected chi connectivity index (χ2v) is 3.82. The monoisotopic (exact) mass is 214 g/mol. The molecule has 0 spiro atoms. The molecule has 13 heavy (non-hydrogen) atoms. The Hall–Kier alpha value is -0.670.